The molecular formula is C23H35N3O3. The molecule has 6 heteroatoms. The molecule has 2 bridgehead atoms. The summed E-state index contributed by atoms with van der Waals surface area (Å²) in [7, 11) is 1.61. The van der Waals surface area contributed by atoms with Gasteiger partial charge < -0.3 is 15.4 Å². The van der Waals surface area contributed by atoms with Crippen molar-refractivity contribution < 1.29 is 14.3 Å². The molecule has 29 heavy (non-hydrogen) atoms. The van der Waals surface area contributed by atoms with E-state index in [0.29, 0.717) is 42.4 Å². The molecule has 0 saturated carbocycles. The van der Waals surface area contributed by atoms with E-state index in [9.17, 15) is 9.59 Å². The van der Waals surface area contributed by atoms with Gasteiger partial charge in [-0.3, -0.25) is 14.5 Å². The maximum atomic E-state index is 12.6. The molecule has 2 fully saturated rings. The van der Waals surface area contributed by atoms with E-state index in [1.807, 2.05) is 39.8 Å². The van der Waals surface area contributed by atoms with Gasteiger partial charge in [0.2, 0.25) is 5.91 Å². The first-order chi connectivity index (χ1) is 13.6. The van der Waals surface area contributed by atoms with Gasteiger partial charge in [-0.15, -0.1) is 0 Å². The molecule has 0 aromatic heterocycles. The van der Waals surface area contributed by atoms with E-state index in [2.05, 4.69) is 15.5 Å². The van der Waals surface area contributed by atoms with E-state index >= 15 is 0 Å². The molecule has 2 N–H and O–H groups in total. The summed E-state index contributed by atoms with van der Waals surface area (Å²) in [5.41, 5.74) is 1.45. The Balaban J connectivity index is 1.52. The van der Waals surface area contributed by atoms with Crippen molar-refractivity contribution in [3.05, 3.63) is 29.3 Å². The molecule has 1 unspecified atom stereocenters. The van der Waals surface area contributed by atoms with Crippen molar-refractivity contribution in [2.24, 2.45) is 5.92 Å². The van der Waals surface area contributed by atoms with Crippen molar-refractivity contribution in [3.63, 3.8) is 0 Å². The van der Waals surface area contributed by atoms with E-state index in [0.717, 1.165) is 31.2 Å². The monoisotopic (exact) mass is 401 g/mol. The van der Waals surface area contributed by atoms with Crippen LogP contribution in [0.2, 0.25) is 0 Å². The molecule has 160 valence electrons. The van der Waals surface area contributed by atoms with Gasteiger partial charge in [-0.05, 0) is 83.1 Å². The number of rotatable bonds is 6. The lowest BCUT2D eigenvalue weighted by atomic mass is 9.90. The zero-order chi connectivity index (χ0) is 21.2. The quantitative estimate of drug-likeness (QED) is 0.769. The molecular weight excluding hydrogens is 366 g/mol. The van der Waals surface area contributed by atoms with Crippen LogP contribution in [0.4, 0.5) is 0 Å². The van der Waals surface area contributed by atoms with Gasteiger partial charge in [-0.2, -0.15) is 0 Å². The van der Waals surface area contributed by atoms with E-state index in [-0.39, 0.29) is 17.4 Å². The van der Waals surface area contributed by atoms with Gasteiger partial charge in [0, 0.05) is 29.7 Å². The lowest BCUT2D eigenvalue weighted by Gasteiger charge is -2.39. The average molecular weight is 402 g/mol. The summed E-state index contributed by atoms with van der Waals surface area (Å²) < 4.78 is 5.27. The Labute approximate surface area is 174 Å². The van der Waals surface area contributed by atoms with Crippen molar-refractivity contribution in [2.75, 3.05) is 20.2 Å². The molecule has 2 heterocycles. The number of hydrogen-bond donors (Lipinski definition) is 2. The number of nitrogens with one attached hydrogen (secondary N) is 2. The van der Waals surface area contributed by atoms with Crippen molar-refractivity contribution >= 4 is 11.8 Å². The van der Waals surface area contributed by atoms with Crippen LogP contribution in [0.15, 0.2) is 18.2 Å². The minimum absolute atomic E-state index is 0.0497. The maximum absolute atomic E-state index is 12.6. The van der Waals surface area contributed by atoms with Crippen LogP contribution in [0.3, 0.4) is 0 Å². The zero-order valence-corrected chi connectivity index (χ0v) is 18.4. The Morgan fingerprint density at radius 2 is 1.79 bits per heavy atom. The molecule has 1 aromatic rings. The van der Waals surface area contributed by atoms with Crippen LogP contribution in [0.1, 0.15) is 62.4 Å². The van der Waals surface area contributed by atoms with E-state index in [1.54, 1.807) is 13.2 Å². The number of carbonyl (C=O) groups is 2. The fourth-order valence-electron chi connectivity index (χ4n) is 4.77. The second kappa shape index (κ2) is 8.74. The largest absolute Gasteiger partial charge is 0.497 e. The Morgan fingerprint density at radius 1 is 1.14 bits per heavy atom. The van der Waals surface area contributed by atoms with Crippen molar-refractivity contribution in [1.29, 1.82) is 0 Å². The number of benzene rings is 1. The molecule has 6 nitrogen and oxygen atoms in total. The lowest BCUT2D eigenvalue weighted by molar-refractivity contribution is -0.125. The highest BCUT2D eigenvalue weighted by atomic mass is 16.5. The van der Waals surface area contributed by atoms with Crippen molar-refractivity contribution in [3.8, 4) is 5.75 Å². The minimum Gasteiger partial charge on any atom is -0.497 e. The van der Waals surface area contributed by atoms with Crippen LogP contribution in [-0.4, -0.2) is 54.5 Å². The Morgan fingerprint density at radius 3 is 2.38 bits per heavy atom. The standard InChI is InChI=1S/C23H35N3O3/c1-15-8-17(12-20(9-15)29-5)22(28)24-13-16-10-18-6-7-19(11-16)26(18)14-21(27)25-23(2,3)4/h8-9,12,16,18-19H,6-7,10-11,13-14H2,1-5H3,(H,24,28)(H,25,27)/t16?,18-,19+. The topological polar surface area (TPSA) is 70.7 Å². The summed E-state index contributed by atoms with van der Waals surface area (Å²) in [6.07, 6.45) is 4.37. The fourth-order valence-corrected chi connectivity index (χ4v) is 4.77. The third-order valence-corrected chi connectivity index (χ3v) is 5.92. The number of piperidine rings is 1. The predicted octanol–water partition coefficient (Wildman–Crippen LogP) is 2.89. The first-order valence-corrected chi connectivity index (χ1v) is 10.7. The van der Waals surface area contributed by atoms with E-state index < -0.39 is 0 Å². The molecule has 3 atom stereocenters. The van der Waals surface area contributed by atoms with Gasteiger partial charge in [0.15, 0.2) is 0 Å². The predicted molar refractivity (Wildman–Crippen MR) is 114 cm³/mol. The molecule has 0 aliphatic carbocycles. The smallest absolute Gasteiger partial charge is 0.251 e. The first kappa shape index (κ1) is 21.6. The maximum Gasteiger partial charge on any atom is 0.251 e. The van der Waals surface area contributed by atoms with Crippen molar-refractivity contribution in [1.82, 2.24) is 15.5 Å². The number of hydrogen-bond acceptors (Lipinski definition) is 4. The first-order valence-electron chi connectivity index (χ1n) is 10.7. The number of methoxy groups -OCH3 is 1. The highest BCUT2D eigenvalue weighted by Crippen LogP contribution is 2.38. The fraction of sp³-hybridized carbons (Fsp3) is 0.652. The molecule has 2 saturated heterocycles. The number of amides is 2. The molecule has 0 radical (unpaired) electrons. The Hall–Kier alpha value is -2.08. The highest BCUT2D eigenvalue weighted by Gasteiger charge is 2.41. The third kappa shape index (κ3) is 5.72. The summed E-state index contributed by atoms with van der Waals surface area (Å²) in [6.45, 7) is 9.16. The number of ether oxygens (including phenoxy) is 1. The van der Waals surface area contributed by atoms with Crippen LogP contribution in [-0.2, 0) is 4.79 Å². The van der Waals surface area contributed by atoms with Crippen LogP contribution in [0.5, 0.6) is 5.75 Å². The number of nitrogens with zero attached hydrogens (tertiary/aromatic N) is 1. The normalized spacial score (nSPS) is 24.2. The van der Waals surface area contributed by atoms with Crippen LogP contribution >= 0.6 is 0 Å². The second-order valence-electron chi connectivity index (χ2n) is 9.64. The zero-order valence-electron chi connectivity index (χ0n) is 18.4. The van der Waals surface area contributed by atoms with E-state index in [1.165, 1.54) is 0 Å². The highest BCUT2D eigenvalue weighted by molar-refractivity contribution is 5.94. The lowest BCUT2D eigenvalue weighted by Crippen LogP contribution is -2.52. The van der Waals surface area contributed by atoms with Crippen LogP contribution < -0.4 is 15.4 Å². The van der Waals surface area contributed by atoms with Gasteiger partial charge in [0.25, 0.3) is 5.91 Å². The molecule has 1 aromatic carbocycles. The number of fused-ring (bicyclic) bond motifs is 2. The van der Waals surface area contributed by atoms with Crippen LogP contribution in [0, 0.1) is 12.8 Å². The molecule has 3 rings (SSSR count). The molecule has 2 amide bonds. The third-order valence-electron chi connectivity index (χ3n) is 5.92. The summed E-state index contributed by atoms with van der Waals surface area (Å²) in [5.74, 6) is 1.22. The average Bonchev–Trinajstić information content (AvgIpc) is 2.86. The summed E-state index contributed by atoms with van der Waals surface area (Å²) in [6, 6.07) is 6.47. The number of carbonyl (C=O) groups excluding carboxylic acids is 2. The van der Waals surface area contributed by atoms with Gasteiger partial charge in [0.05, 0.1) is 13.7 Å². The van der Waals surface area contributed by atoms with Gasteiger partial charge in [0.1, 0.15) is 5.75 Å². The Bertz CT molecular complexity index is 742. The van der Waals surface area contributed by atoms with Gasteiger partial charge in [-0.1, -0.05) is 0 Å². The summed E-state index contributed by atoms with van der Waals surface area (Å²) in [5, 5.41) is 6.18. The minimum atomic E-state index is -0.197. The van der Waals surface area contributed by atoms with Gasteiger partial charge in [-0.25, -0.2) is 0 Å². The van der Waals surface area contributed by atoms with Crippen molar-refractivity contribution in [2.45, 2.75) is 71.0 Å². The summed E-state index contributed by atoms with van der Waals surface area (Å²) in [4.78, 5) is 27.3. The molecule has 2 aliphatic heterocycles. The van der Waals surface area contributed by atoms with E-state index in [4.69, 9.17) is 4.74 Å². The summed E-state index contributed by atoms with van der Waals surface area (Å²) >= 11 is 0. The van der Waals surface area contributed by atoms with Gasteiger partial charge >= 0.3 is 0 Å². The second-order valence-corrected chi connectivity index (χ2v) is 9.64. The SMILES string of the molecule is COc1cc(C)cc(C(=O)NCC2C[C@H]3CC[C@@H](C2)N3CC(=O)NC(C)(C)C)c1. The Kier molecular flexibility index (Phi) is 6.52. The molecule has 2 aliphatic rings. The number of aryl methyl sites for hydroxylation is 1. The van der Waals surface area contributed by atoms with Crippen LogP contribution in [0.25, 0.3) is 0 Å². The molecule has 0 spiro atoms.